The normalized spacial score (nSPS) is 17.4. The van der Waals surface area contributed by atoms with E-state index in [2.05, 4.69) is 0 Å². The van der Waals surface area contributed by atoms with Crippen molar-refractivity contribution in [2.24, 2.45) is 0 Å². The van der Waals surface area contributed by atoms with Crippen LogP contribution in [-0.4, -0.2) is 52.3 Å². The molecule has 0 radical (unpaired) electrons. The monoisotopic (exact) mass is 443 g/mol. The lowest BCUT2D eigenvalue weighted by molar-refractivity contribution is -0.128. The third kappa shape index (κ3) is 6.67. The number of hydrogen-bond acceptors (Lipinski definition) is 5. The number of thiophene rings is 1. The van der Waals surface area contributed by atoms with Gasteiger partial charge in [0.2, 0.25) is 5.91 Å². The molecule has 0 spiro atoms. The molecule has 2 heterocycles. The molecule has 0 saturated carbocycles. The molecule has 31 heavy (non-hydrogen) atoms. The fraction of sp³-hybridized carbons (Fsp3) is 0.417. The van der Waals surface area contributed by atoms with E-state index in [4.69, 9.17) is 9.84 Å². The Morgan fingerprint density at radius 1 is 1.35 bits per heavy atom. The van der Waals surface area contributed by atoms with Gasteiger partial charge in [-0.3, -0.25) is 4.79 Å². The number of amides is 1. The number of carboxylic acid groups (broad SMARTS) is 1. The Labute approximate surface area is 186 Å². The first kappa shape index (κ1) is 23.0. The number of aromatic carboxylic acids is 1. The molecule has 0 unspecified atom stereocenters. The van der Waals surface area contributed by atoms with Gasteiger partial charge in [0.25, 0.3) is 0 Å². The lowest BCUT2D eigenvalue weighted by atomic mass is 10.1. The average molecular weight is 444 g/mol. The molecule has 6 nitrogen and oxygen atoms in total. The van der Waals surface area contributed by atoms with Gasteiger partial charge >= 0.3 is 5.97 Å². The van der Waals surface area contributed by atoms with Crippen molar-refractivity contribution in [2.75, 3.05) is 13.2 Å². The van der Waals surface area contributed by atoms with Crippen molar-refractivity contribution in [1.29, 1.82) is 0 Å². The summed E-state index contributed by atoms with van der Waals surface area (Å²) in [5.74, 6) is 0.0234. The molecule has 2 aromatic rings. The van der Waals surface area contributed by atoms with Crippen LogP contribution in [0.1, 0.15) is 46.3 Å². The average Bonchev–Trinajstić information content (AvgIpc) is 3.35. The van der Waals surface area contributed by atoms with E-state index < -0.39 is 12.1 Å². The van der Waals surface area contributed by atoms with Gasteiger partial charge < -0.3 is 19.8 Å². The van der Waals surface area contributed by atoms with Crippen molar-refractivity contribution in [3.8, 4) is 5.75 Å². The highest BCUT2D eigenvalue weighted by molar-refractivity contribution is 7.13. The van der Waals surface area contributed by atoms with E-state index in [0.717, 1.165) is 35.5 Å². The second kappa shape index (κ2) is 11.1. The van der Waals surface area contributed by atoms with E-state index in [0.29, 0.717) is 30.9 Å². The standard InChI is InChI=1S/C24H29NO5S/c1-2-30-20-6-3-5-17(16-20)15-19(26)10-8-18-9-13-23(27)25(18)14-4-7-21-11-12-22(31-21)24(28)29/h3,5-6,8,10-12,16,18-19,26H,2,4,7,9,13-15H2,1H3,(H,28,29)/b10-8+/t18-,19+/m0/s1. The summed E-state index contributed by atoms with van der Waals surface area (Å²) in [4.78, 5) is 26.5. The van der Waals surface area contributed by atoms with Crippen molar-refractivity contribution in [2.45, 2.75) is 51.2 Å². The zero-order valence-electron chi connectivity index (χ0n) is 17.7. The molecular formula is C24H29NO5S. The molecular weight excluding hydrogens is 414 g/mol. The Morgan fingerprint density at radius 3 is 2.94 bits per heavy atom. The lowest BCUT2D eigenvalue weighted by Gasteiger charge is -2.22. The molecule has 166 valence electrons. The first-order valence-corrected chi connectivity index (χ1v) is 11.5. The highest BCUT2D eigenvalue weighted by Crippen LogP contribution is 2.23. The molecule has 1 fully saturated rings. The first-order chi connectivity index (χ1) is 15.0. The maximum Gasteiger partial charge on any atom is 0.345 e. The van der Waals surface area contributed by atoms with Crippen LogP contribution in [0.25, 0.3) is 0 Å². The summed E-state index contributed by atoms with van der Waals surface area (Å²) in [6.45, 7) is 3.16. The largest absolute Gasteiger partial charge is 0.494 e. The van der Waals surface area contributed by atoms with E-state index >= 15 is 0 Å². The van der Waals surface area contributed by atoms with Crippen LogP contribution >= 0.6 is 11.3 Å². The SMILES string of the molecule is CCOc1cccc(C[C@H](O)/C=C/[C@H]2CCC(=O)N2CCCc2ccc(C(=O)O)s2)c1. The van der Waals surface area contributed by atoms with E-state index in [1.807, 2.05) is 48.2 Å². The van der Waals surface area contributed by atoms with Crippen molar-refractivity contribution < 1.29 is 24.5 Å². The van der Waals surface area contributed by atoms with Gasteiger partial charge in [-0.15, -0.1) is 11.3 Å². The van der Waals surface area contributed by atoms with Gasteiger partial charge in [-0.05, 0) is 56.0 Å². The minimum Gasteiger partial charge on any atom is -0.494 e. The van der Waals surface area contributed by atoms with Crippen molar-refractivity contribution in [3.05, 3.63) is 63.9 Å². The predicted octanol–water partition coefficient (Wildman–Crippen LogP) is 3.93. The number of hydrogen-bond donors (Lipinski definition) is 2. The van der Waals surface area contributed by atoms with Crippen LogP contribution in [0, 0.1) is 0 Å². The smallest absolute Gasteiger partial charge is 0.345 e. The number of rotatable bonds is 11. The second-order valence-corrected chi connectivity index (χ2v) is 8.77. The molecule has 0 bridgehead atoms. The highest BCUT2D eigenvalue weighted by atomic mass is 32.1. The number of likely N-dealkylation sites (tertiary alicyclic amines) is 1. The van der Waals surface area contributed by atoms with E-state index in [1.54, 1.807) is 12.1 Å². The molecule has 1 aliphatic rings. The molecule has 2 atom stereocenters. The van der Waals surface area contributed by atoms with Crippen LogP contribution in [-0.2, 0) is 17.6 Å². The third-order valence-electron chi connectivity index (χ3n) is 5.28. The Hall–Kier alpha value is -2.64. The molecule has 1 aliphatic heterocycles. The van der Waals surface area contributed by atoms with Crippen LogP contribution in [0.3, 0.4) is 0 Å². The van der Waals surface area contributed by atoms with Gasteiger partial charge in [0.05, 0.1) is 18.8 Å². The van der Waals surface area contributed by atoms with Crippen molar-refractivity contribution >= 4 is 23.2 Å². The minimum atomic E-state index is -0.903. The summed E-state index contributed by atoms with van der Waals surface area (Å²) in [5.41, 5.74) is 0.999. The lowest BCUT2D eigenvalue weighted by Crippen LogP contribution is -2.33. The fourth-order valence-electron chi connectivity index (χ4n) is 3.79. The third-order valence-corrected chi connectivity index (χ3v) is 6.41. The number of nitrogens with zero attached hydrogens (tertiary/aromatic N) is 1. The van der Waals surface area contributed by atoms with Crippen LogP contribution in [0.5, 0.6) is 5.75 Å². The van der Waals surface area contributed by atoms with Crippen LogP contribution in [0.2, 0.25) is 0 Å². The van der Waals surface area contributed by atoms with Crippen LogP contribution in [0.15, 0.2) is 48.6 Å². The first-order valence-electron chi connectivity index (χ1n) is 10.7. The van der Waals surface area contributed by atoms with E-state index in [-0.39, 0.29) is 11.9 Å². The van der Waals surface area contributed by atoms with Crippen LogP contribution < -0.4 is 4.74 Å². The maximum atomic E-state index is 12.3. The molecule has 0 aliphatic carbocycles. The van der Waals surface area contributed by atoms with E-state index in [1.165, 1.54) is 11.3 Å². The number of benzene rings is 1. The summed E-state index contributed by atoms with van der Waals surface area (Å²) < 4.78 is 5.51. The number of carboxylic acids is 1. The molecule has 3 rings (SSSR count). The summed E-state index contributed by atoms with van der Waals surface area (Å²) in [7, 11) is 0. The Bertz CT molecular complexity index is 922. The van der Waals surface area contributed by atoms with Crippen molar-refractivity contribution in [1.82, 2.24) is 4.90 Å². The van der Waals surface area contributed by atoms with Crippen LogP contribution in [0.4, 0.5) is 0 Å². The fourth-order valence-corrected chi connectivity index (χ4v) is 4.68. The minimum absolute atomic E-state index is 0.00479. The predicted molar refractivity (Wildman–Crippen MR) is 121 cm³/mol. The Kier molecular flexibility index (Phi) is 8.26. The molecule has 1 saturated heterocycles. The summed E-state index contributed by atoms with van der Waals surface area (Å²) in [5, 5.41) is 19.5. The maximum absolute atomic E-state index is 12.3. The zero-order chi connectivity index (χ0) is 22.2. The molecule has 2 N–H and O–H groups in total. The summed E-state index contributed by atoms with van der Waals surface area (Å²) >= 11 is 1.29. The number of ether oxygens (including phenoxy) is 1. The van der Waals surface area contributed by atoms with Crippen molar-refractivity contribution in [3.63, 3.8) is 0 Å². The molecule has 7 heteroatoms. The number of carbonyl (C=O) groups is 2. The van der Waals surface area contributed by atoms with Gasteiger partial charge in [0.1, 0.15) is 10.6 Å². The quantitative estimate of drug-likeness (QED) is 0.514. The van der Waals surface area contributed by atoms with E-state index in [9.17, 15) is 14.7 Å². The summed E-state index contributed by atoms with van der Waals surface area (Å²) in [6.07, 6.45) is 6.38. The van der Waals surface area contributed by atoms with Gasteiger partial charge in [-0.2, -0.15) is 0 Å². The summed E-state index contributed by atoms with van der Waals surface area (Å²) in [6, 6.07) is 11.2. The molecule has 1 amide bonds. The van der Waals surface area contributed by atoms with Gasteiger partial charge in [0, 0.05) is 24.3 Å². The van der Waals surface area contributed by atoms with Gasteiger partial charge in [-0.1, -0.05) is 24.3 Å². The number of carbonyl (C=O) groups excluding carboxylic acids is 1. The topological polar surface area (TPSA) is 87.1 Å². The number of aliphatic hydroxyl groups is 1. The number of aryl methyl sites for hydroxylation is 1. The number of aliphatic hydroxyl groups excluding tert-OH is 1. The molecule has 1 aromatic heterocycles. The Morgan fingerprint density at radius 2 is 2.19 bits per heavy atom. The second-order valence-electron chi connectivity index (χ2n) is 7.60. The Balaban J connectivity index is 1.50. The molecule has 1 aromatic carbocycles. The zero-order valence-corrected chi connectivity index (χ0v) is 18.5. The van der Waals surface area contributed by atoms with Gasteiger partial charge in [-0.25, -0.2) is 4.79 Å². The highest BCUT2D eigenvalue weighted by Gasteiger charge is 2.28. The van der Waals surface area contributed by atoms with Gasteiger partial charge in [0.15, 0.2) is 0 Å².